The lowest BCUT2D eigenvalue weighted by atomic mass is 9.34. The van der Waals surface area contributed by atoms with Crippen LogP contribution in [0, 0.1) is 0 Å². The maximum absolute atomic E-state index is 6.92. The lowest BCUT2D eigenvalue weighted by Gasteiger charge is -2.35. The number of fused-ring (bicyclic) bond motifs is 12. The first-order valence-electron chi connectivity index (χ1n) is 18.8. The van der Waals surface area contributed by atoms with Crippen molar-refractivity contribution in [3.05, 3.63) is 188 Å². The number of hydrogen-bond donors (Lipinski definition) is 0. The predicted molar refractivity (Wildman–Crippen MR) is 228 cm³/mol. The maximum Gasteiger partial charge on any atom is 0.261 e. The number of aromatic nitrogens is 1. The summed E-state index contributed by atoms with van der Waals surface area (Å²) in [6.45, 7) is -0.0727. The minimum Gasteiger partial charge on any atom is -0.458 e. The molecule has 1 aromatic heterocycles. The molecule has 10 aromatic rings. The zero-order chi connectivity index (χ0) is 36.0. The van der Waals surface area contributed by atoms with Crippen LogP contribution in [0.25, 0.3) is 49.0 Å². The van der Waals surface area contributed by atoms with Crippen molar-refractivity contribution in [2.75, 3.05) is 4.90 Å². The molecule has 0 radical (unpaired) electrons. The van der Waals surface area contributed by atoms with Gasteiger partial charge >= 0.3 is 0 Å². The smallest absolute Gasteiger partial charge is 0.261 e. The number of hydrogen-bond acceptors (Lipinski definition) is 3. The summed E-state index contributed by atoms with van der Waals surface area (Å²) < 4.78 is 16.2. The molecule has 0 atom stereocenters. The van der Waals surface area contributed by atoms with E-state index in [1.165, 1.54) is 37.9 Å². The number of rotatable bonds is 4. The SMILES string of the molecule is c1ccc(N(c2ccc3c(c2)Oc2cccc4c2B3c2c(c3ccccc3c3ccccc23)O4)c2cccc3c4ccccc4n(-c4ccccc4)c23)cc1. The largest absolute Gasteiger partial charge is 0.458 e. The second-order valence-electron chi connectivity index (χ2n) is 14.4. The zero-order valence-electron chi connectivity index (χ0n) is 29.7. The van der Waals surface area contributed by atoms with Crippen molar-refractivity contribution in [3.63, 3.8) is 0 Å². The van der Waals surface area contributed by atoms with Crippen LogP contribution in [-0.2, 0) is 0 Å². The fourth-order valence-corrected chi connectivity index (χ4v) is 9.22. The molecule has 0 saturated carbocycles. The lowest BCUT2D eigenvalue weighted by Crippen LogP contribution is -2.57. The number of ether oxygens (including phenoxy) is 2. The third-order valence-corrected chi connectivity index (χ3v) is 11.5. The molecule has 3 heterocycles. The summed E-state index contributed by atoms with van der Waals surface area (Å²) in [4.78, 5) is 2.37. The molecule has 4 nitrogen and oxygen atoms in total. The van der Waals surface area contributed by atoms with Gasteiger partial charge in [0.15, 0.2) is 0 Å². The molecule has 55 heavy (non-hydrogen) atoms. The van der Waals surface area contributed by atoms with E-state index in [9.17, 15) is 0 Å². The average Bonchev–Trinajstić information content (AvgIpc) is 3.59. The summed E-state index contributed by atoms with van der Waals surface area (Å²) in [7, 11) is 0. The Balaban J connectivity index is 1.12. The van der Waals surface area contributed by atoms with Crippen LogP contribution in [-0.4, -0.2) is 11.3 Å². The van der Waals surface area contributed by atoms with E-state index >= 15 is 0 Å². The monoisotopic (exact) mass is 702 g/mol. The van der Waals surface area contributed by atoms with Crippen molar-refractivity contribution in [1.82, 2.24) is 4.57 Å². The Morgan fingerprint density at radius 2 is 1.04 bits per heavy atom. The van der Waals surface area contributed by atoms with Crippen LogP contribution < -0.4 is 30.8 Å². The number of nitrogens with zero attached hydrogens (tertiary/aromatic N) is 2. The van der Waals surface area contributed by atoms with E-state index in [1.807, 2.05) is 6.07 Å². The van der Waals surface area contributed by atoms with Gasteiger partial charge in [-0.2, -0.15) is 0 Å². The van der Waals surface area contributed by atoms with Crippen LogP contribution >= 0.6 is 0 Å². The van der Waals surface area contributed by atoms with Gasteiger partial charge in [-0.3, -0.25) is 0 Å². The van der Waals surface area contributed by atoms with Gasteiger partial charge in [-0.05, 0) is 81.7 Å². The summed E-state index contributed by atoms with van der Waals surface area (Å²) in [5.41, 5.74) is 9.97. The van der Waals surface area contributed by atoms with E-state index in [0.29, 0.717) is 0 Å². The highest BCUT2D eigenvalue weighted by Gasteiger charge is 2.42. The molecule has 0 saturated heterocycles. The van der Waals surface area contributed by atoms with Gasteiger partial charge < -0.3 is 18.9 Å². The third kappa shape index (κ3) is 4.35. The van der Waals surface area contributed by atoms with Gasteiger partial charge in [0, 0.05) is 44.8 Å². The summed E-state index contributed by atoms with van der Waals surface area (Å²) in [5, 5.41) is 7.16. The fraction of sp³-hybridized carbons (Fsp3) is 0. The van der Waals surface area contributed by atoms with Crippen LogP contribution in [0.1, 0.15) is 0 Å². The fourth-order valence-electron chi connectivity index (χ4n) is 9.22. The molecule has 5 heteroatoms. The molecule has 2 aliphatic heterocycles. The molecule has 0 spiro atoms. The molecule has 12 rings (SSSR count). The number of benzene rings is 9. The topological polar surface area (TPSA) is 26.6 Å². The van der Waals surface area contributed by atoms with Gasteiger partial charge in [0.25, 0.3) is 6.71 Å². The first-order chi connectivity index (χ1) is 27.3. The Hall–Kier alpha value is -7.24. The summed E-state index contributed by atoms with van der Waals surface area (Å²) in [6, 6.07) is 67.0. The zero-order valence-corrected chi connectivity index (χ0v) is 29.7. The number of anilines is 3. The van der Waals surface area contributed by atoms with Crippen LogP contribution in [0.2, 0.25) is 0 Å². The highest BCUT2D eigenvalue weighted by atomic mass is 16.5. The van der Waals surface area contributed by atoms with Gasteiger partial charge in [-0.15, -0.1) is 0 Å². The lowest BCUT2D eigenvalue weighted by molar-refractivity contribution is 0.467. The Labute approximate surface area is 318 Å². The first kappa shape index (κ1) is 30.2. The quantitative estimate of drug-likeness (QED) is 0.135. The molecule has 0 N–H and O–H groups in total. The highest BCUT2D eigenvalue weighted by molar-refractivity contribution is 6.99. The molecule has 9 aromatic carbocycles. The van der Waals surface area contributed by atoms with Gasteiger partial charge in [0.2, 0.25) is 0 Å². The molecule has 0 fully saturated rings. The molecule has 256 valence electrons. The molecule has 0 unspecified atom stereocenters. The summed E-state index contributed by atoms with van der Waals surface area (Å²) in [5.74, 6) is 3.44. The van der Waals surface area contributed by atoms with Crippen molar-refractivity contribution in [2.45, 2.75) is 0 Å². The second kappa shape index (κ2) is 11.6. The number of para-hydroxylation sites is 4. The molecule has 0 amide bonds. The molecular formula is C50H31BN2O2. The molecular weight excluding hydrogens is 671 g/mol. The third-order valence-electron chi connectivity index (χ3n) is 11.5. The average molecular weight is 703 g/mol. The molecule has 0 aliphatic carbocycles. The standard InChI is InChI=1S/C50H31BN2O2/c1-3-15-32(16-4-1)52(43-26-13-24-39-37-21-11-12-25-42(37)53(49(39)43)33-17-5-2-6-18-33)34-29-30-41-46(31-34)54-44-27-14-28-45-48(44)51(41)47-38-22-9-7-19-35(38)36-20-8-10-23-40(36)50(47)55-45/h1-31H. The van der Waals surface area contributed by atoms with Gasteiger partial charge in [-0.25, -0.2) is 0 Å². The van der Waals surface area contributed by atoms with E-state index in [0.717, 1.165) is 67.6 Å². The maximum atomic E-state index is 6.92. The Morgan fingerprint density at radius 1 is 0.418 bits per heavy atom. The van der Waals surface area contributed by atoms with E-state index in [1.54, 1.807) is 0 Å². The molecule has 2 aliphatic rings. The highest BCUT2D eigenvalue weighted by Crippen LogP contribution is 2.46. The van der Waals surface area contributed by atoms with E-state index in [4.69, 9.17) is 9.47 Å². The van der Waals surface area contributed by atoms with Crippen molar-refractivity contribution in [1.29, 1.82) is 0 Å². The van der Waals surface area contributed by atoms with Crippen molar-refractivity contribution >= 4 is 83.5 Å². The molecule has 0 bridgehead atoms. The first-order valence-corrected chi connectivity index (χ1v) is 18.8. The second-order valence-corrected chi connectivity index (χ2v) is 14.4. The van der Waals surface area contributed by atoms with Crippen LogP contribution in [0.5, 0.6) is 23.0 Å². The van der Waals surface area contributed by atoms with Gasteiger partial charge in [0.05, 0.1) is 16.7 Å². The van der Waals surface area contributed by atoms with E-state index in [2.05, 4.69) is 191 Å². The van der Waals surface area contributed by atoms with Crippen LogP contribution in [0.3, 0.4) is 0 Å². The van der Waals surface area contributed by atoms with Gasteiger partial charge in [-0.1, -0.05) is 127 Å². The van der Waals surface area contributed by atoms with Crippen molar-refractivity contribution < 1.29 is 9.47 Å². The summed E-state index contributed by atoms with van der Waals surface area (Å²) >= 11 is 0. The van der Waals surface area contributed by atoms with Crippen LogP contribution in [0.15, 0.2) is 188 Å². The minimum absolute atomic E-state index is 0.0727. The van der Waals surface area contributed by atoms with Gasteiger partial charge in [0.1, 0.15) is 23.0 Å². The Bertz CT molecular complexity index is 3170. The normalized spacial score (nSPS) is 12.6. The predicted octanol–water partition coefficient (Wildman–Crippen LogP) is 11.3. The Kier molecular flexibility index (Phi) is 6.40. The minimum atomic E-state index is -0.0727. The van der Waals surface area contributed by atoms with Crippen molar-refractivity contribution in [2.24, 2.45) is 0 Å². The van der Waals surface area contributed by atoms with E-state index in [-0.39, 0.29) is 6.71 Å². The Morgan fingerprint density at radius 3 is 1.84 bits per heavy atom. The van der Waals surface area contributed by atoms with Crippen molar-refractivity contribution in [3.8, 4) is 28.7 Å². The summed E-state index contributed by atoms with van der Waals surface area (Å²) in [6.07, 6.45) is 0. The van der Waals surface area contributed by atoms with E-state index < -0.39 is 0 Å². The van der Waals surface area contributed by atoms with Crippen LogP contribution in [0.4, 0.5) is 17.1 Å².